The first-order valence-corrected chi connectivity index (χ1v) is 9.99. The summed E-state index contributed by atoms with van der Waals surface area (Å²) in [5.41, 5.74) is 8.90. The lowest BCUT2D eigenvalue weighted by Gasteiger charge is -2.22. The van der Waals surface area contributed by atoms with Gasteiger partial charge in [-0.1, -0.05) is 91.0 Å². The van der Waals surface area contributed by atoms with Crippen LogP contribution in [0, 0.1) is 0 Å². The van der Waals surface area contributed by atoms with Gasteiger partial charge in [-0.3, -0.25) is 9.59 Å². The second-order valence-corrected chi connectivity index (χ2v) is 7.05. The lowest BCUT2D eigenvalue weighted by molar-refractivity contribution is -0.145. The predicted molar refractivity (Wildman–Crippen MR) is 116 cm³/mol. The number of hydrogen-bond donors (Lipinski definition) is 2. The number of hydrogen-bond acceptors (Lipinski definition) is 4. The highest BCUT2D eigenvalue weighted by Gasteiger charge is 2.21. The van der Waals surface area contributed by atoms with Crippen molar-refractivity contribution in [2.24, 2.45) is 5.73 Å². The molecule has 0 heterocycles. The fraction of sp³-hybridized carbons (Fsp3) is 0.200. The average molecular weight is 402 g/mol. The number of esters is 1. The van der Waals surface area contributed by atoms with E-state index >= 15 is 0 Å². The van der Waals surface area contributed by atoms with Crippen molar-refractivity contribution in [3.05, 3.63) is 108 Å². The van der Waals surface area contributed by atoms with Crippen LogP contribution in [0.5, 0.6) is 0 Å². The van der Waals surface area contributed by atoms with Crippen LogP contribution in [0.4, 0.5) is 0 Å². The molecule has 0 aliphatic carbocycles. The summed E-state index contributed by atoms with van der Waals surface area (Å²) >= 11 is 0. The highest BCUT2D eigenvalue weighted by molar-refractivity contribution is 5.83. The van der Waals surface area contributed by atoms with Crippen molar-refractivity contribution < 1.29 is 14.3 Å². The Morgan fingerprint density at radius 1 is 0.800 bits per heavy atom. The van der Waals surface area contributed by atoms with Crippen molar-refractivity contribution in [1.82, 2.24) is 5.32 Å². The maximum Gasteiger partial charge on any atom is 0.306 e. The van der Waals surface area contributed by atoms with Gasteiger partial charge in [0, 0.05) is 6.42 Å². The third-order valence-electron chi connectivity index (χ3n) is 4.79. The molecule has 1 unspecified atom stereocenters. The lowest BCUT2D eigenvalue weighted by atomic mass is 9.98. The third-order valence-corrected chi connectivity index (χ3v) is 4.79. The quantitative estimate of drug-likeness (QED) is 0.534. The zero-order valence-electron chi connectivity index (χ0n) is 16.7. The molecule has 0 radical (unpaired) electrons. The van der Waals surface area contributed by atoms with Crippen molar-refractivity contribution in [3.8, 4) is 0 Å². The predicted octanol–water partition coefficient (Wildman–Crippen LogP) is 3.74. The molecule has 154 valence electrons. The van der Waals surface area contributed by atoms with E-state index in [4.69, 9.17) is 10.5 Å². The topological polar surface area (TPSA) is 81.4 Å². The molecule has 0 aliphatic rings. The Balaban J connectivity index is 1.54. The smallest absolute Gasteiger partial charge is 0.306 e. The van der Waals surface area contributed by atoms with Gasteiger partial charge in [-0.05, 0) is 23.1 Å². The summed E-state index contributed by atoms with van der Waals surface area (Å²) in [6, 6.07) is 27.8. The van der Waals surface area contributed by atoms with E-state index < -0.39 is 6.04 Å². The number of carbonyl (C=O) groups excluding carboxylic acids is 2. The summed E-state index contributed by atoms with van der Waals surface area (Å²) in [6.07, 6.45) is 0.304. The summed E-state index contributed by atoms with van der Waals surface area (Å²) in [5, 5.41) is 3.01. The fourth-order valence-corrected chi connectivity index (χ4v) is 3.11. The molecular formula is C25H26N2O3. The van der Waals surface area contributed by atoms with Crippen LogP contribution in [-0.2, 0) is 20.9 Å². The Hall–Kier alpha value is -3.44. The van der Waals surface area contributed by atoms with Gasteiger partial charge in [0.15, 0.2) is 0 Å². The molecule has 3 aromatic rings. The zero-order valence-corrected chi connectivity index (χ0v) is 16.7. The van der Waals surface area contributed by atoms with Crippen LogP contribution in [-0.4, -0.2) is 17.9 Å². The van der Waals surface area contributed by atoms with Gasteiger partial charge in [-0.15, -0.1) is 0 Å². The maximum atomic E-state index is 12.7. The van der Waals surface area contributed by atoms with Crippen molar-refractivity contribution in [1.29, 1.82) is 0 Å². The monoisotopic (exact) mass is 402 g/mol. The minimum absolute atomic E-state index is 0.0861. The van der Waals surface area contributed by atoms with E-state index in [1.54, 1.807) is 0 Å². The first-order chi connectivity index (χ1) is 14.6. The van der Waals surface area contributed by atoms with E-state index in [1.807, 2.05) is 91.0 Å². The minimum Gasteiger partial charge on any atom is -0.461 e. The molecule has 1 atom stereocenters. The van der Waals surface area contributed by atoms with Gasteiger partial charge in [0.1, 0.15) is 6.61 Å². The van der Waals surface area contributed by atoms with Gasteiger partial charge in [0.25, 0.3) is 0 Å². The number of nitrogens with two attached hydrogens (primary N) is 1. The maximum absolute atomic E-state index is 12.7. The van der Waals surface area contributed by atoms with Crippen molar-refractivity contribution >= 4 is 11.9 Å². The van der Waals surface area contributed by atoms with Crippen LogP contribution in [0.25, 0.3) is 0 Å². The largest absolute Gasteiger partial charge is 0.461 e. The van der Waals surface area contributed by atoms with Crippen molar-refractivity contribution in [2.45, 2.75) is 31.5 Å². The Morgan fingerprint density at radius 3 is 1.83 bits per heavy atom. The SMILES string of the molecule is NC(CCC(=O)OCc1ccccc1)C(=O)NC(c1ccccc1)c1ccccc1. The average Bonchev–Trinajstić information content (AvgIpc) is 2.81. The van der Waals surface area contributed by atoms with Gasteiger partial charge in [0.05, 0.1) is 12.1 Å². The molecule has 5 heteroatoms. The number of carbonyl (C=O) groups is 2. The molecule has 0 spiro atoms. The van der Waals surface area contributed by atoms with Crippen LogP contribution in [0.3, 0.4) is 0 Å². The molecule has 1 amide bonds. The van der Waals surface area contributed by atoms with Gasteiger partial charge in [0.2, 0.25) is 5.91 Å². The van der Waals surface area contributed by atoms with Crippen LogP contribution < -0.4 is 11.1 Å². The molecular weight excluding hydrogens is 376 g/mol. The van der Waals surface area contributed by atoms with Crippen LogP contribution in [0.2, 0.25) is 0 Å². The first-order valence-electron chi connectivity index (χ1n) is 9.99. The molecule has 0 aliphatic heterocycles. The molecule has 30 heavy (non-hydrogen) atoms. The first kappa shape index (κ1) is 21.3. The number of nitrogens with one attached hydrogen (secondary N) is 1. The Morgan fingerprint density at radius 2 is 1.30 bits per heavy atom. The number of rotatable bonds is 9. The van der Waals surface area contributed by atoms with Crippen LogP contribution in [0.15, 0.2) is 91.0 Å². The molecule has 5 nitrogen and oxygen atoms in total. The van der Waals surface area contributed by atoms with E-state index in [0.717, 1.165) is 16.7 Å². The Bertz CT molecular complexity index is 891. The molecule has 0 saturated carbocycles. The fourth-order valence-electron chi connectivity index (χ4n) is 3.11. The van der Waals surface area contributed by atoms with E-state index in [1.165, 1.54) is 0 Å². The van der Waals surface area contributed by atoms with E-state index in [2.05, 4.69) is 5.32 Å². The normalized spacial score (nSPS) is 11.7. The molecule has 3 N–H and O–H groups in total. The third kappa shape index (κ3) is 6.29. The van der Waals surface area contributed by atoms with E-state index in [0.29, 0.717) is 0 Å². The van der Waals surface area contributed by atoms with E-state index in [-0.39, 0.29) is 37.4 Å². The van der Waals surface area contributed by atoms with Gasteiger partial charge >= 0.3 is 5.97 Å². The summed E-state index contributed by atoms with van der Waals surface area (Å²) in [7, 11) is 0. The molecule has 0 saturated heterocycles. The summed E-state index contributed by atoms with van der Waals surface area (Å²) in [4.78, 5) is 24.7. The minimum atomic E-state index is -0.802. The summed E-state index contributed by atoms with van der Waals surface area (Å²) in [5.74, 6) is -0.673. The Labute approximate surface area is 176 Å². The van der Waals surface area contributed by atoms with E-state index in [9.17, 15) is 9.59 Å². The van der Waals surface area contributed by atoms with Gasteiger partial charge in [-0.2, -0.15) is 0 Å². The summed E-state index contributed by atoms with van der Waals surface area (Å²) in [6.45, 7) is 0.213. The zero-order chi connectivity index (χ0) is 21.2. The van der Waals surface area contributed by atoms with Crippen LogP contribution in [0.1, 0.15) is 35.6 Å². The van der Waals surface area contributed by atoms with Gasteiger partial charge < -0.3 is 15.8 Å². The molecule has 0 aromatic heterocycles. The molecule has 3 rings (SSSR count). The molecule has 3 aromatic carbocycles. The second-order valence-electron chi connectivity index (χ2n) is 7.05. The standard InChI is InChI=1S/C25H26N2O3/c26-22(16-17-23(28)30-18-19-10-4-1-5-11-19)25(29)27-24(20-12-6-2-7-13-20)21-14-8-3-9-15-21/h1-15,22,24H,16-18,26H2,(H,27,29). The number of amides is 1. The van der Waals surface area contributed by atoms with Crippen molar-refractivity contribution in [3.63, 3.8) is 0 Å². The Kier molecular flexibility index (Phi) is 7.75. The van der Waals surface area contributed by atoms with Crippen molar-refractivity contribution in [2.75, 3.05) is 0 Å². The molecule has 0 bridgehead atoms. The van der Waals surface area contributed by atoms with Gasteiger partial charge in [-0.25, -0.2) is 0 Å². The second kappa shape index (κ2) is 10.9. The lowest BCUT2D eigenvalue weighted by Crippen LogP contribution is -2.42. The molecule has 0 fully saturated rings. The number of ether oxygens (including phenoxy) is 1. The van der Waals surface area contributed by atoms with Crippen LogP contribution >= 0.6 is 0 Å². The number of benzene rings is 3. The summed E-state index contributed by atoms with van der Waals surface area (Å²) < 4.78 is 5.25. The highest BCUT2D eigenvalue weighted by Crippen LogP contribution is 2.22. The highest BCUT2D eigenvalue weighted by atomic mass is 16.5.